The molecule has 0 amide bonds. The lowest BCUT2D eigenvalue weighted by Crippen LogP contribution is -2.42. The van der Waals surface area contributed by atoms with Crippen LogP contribution in [0.25, 0.3) is 0 Å². The van der Waals surface area contributed by atoms with Gasteiger partial charge in [0.2, 0.25) is 5.24 Å². The van der Waals surface area contributed by atoms with Crippen molar-refractivity contribution in [3.63, 3.8) is 0 Å². The number of halogens is 1. The van der Waals surface area contributed by atoms with Gasteiger partial charge in [0, 0.05) is 0 Å². The van der Waals surface area contributed by atoms with Crippen LogP contribution < -0.4 is 4.31 Å². The third-order valence-corrected chi connectivity index (χ3v) is 6.07. The normalized spacial score (nSPS) is 12.7. The predicted octanol–water partition coefficient (Wildman–Crippen LogP) is 3.96. The van der Waals surface area contributed by atoms with Crippen LogP contribution >= 0.6 is 11.6 Å². The number of hydrogen-bond acceptors (Lipinski definition) is 3. The highest BCUT2D eigenvalue weighted by Crippen LogP contribution is 2.30. The maximum absolute atomic E-state index is 13.2. The highest BCUT2D eigenvalue weighted by atomic mass is 35.5. The maximum atomic E-state index is 13.2. The lowest BCUT2D eigenvalue weighted by Gasteiger charge is -2.30. The Balaban J connectivity index is 2.68. The van der Waals surface area contributed by atoms with Gasteiger partial charge in [0.15, 0.2) is 0 Å². The number of nitrogens with zero attached hydrogens (tertiary/aromatic N) is 1. The fourth-order valence-corrected chi connectivity index (χ4v) is 4.25. The van der Waals surface area contributed by atoms with Crippen LogP contribution in [0.3, 0.4) is 0 Å². The fourth-order valence-electron chi connectivity index (χ4n) is 2.42. The molecular formula is C18H20ClNO3S. The number of carbonyl (C=O) groups is 1. The van der Waals surface area contributed by atoms with E-state index in [4.69, 9.17) is 11.6 Å². The van der Waals surface area contributed by atoms with Gasteiger partial charge in [-0.15, -0.1) is 0 Å². The zero-order valence-electron chi connectivity index (χ0n) is 14.1. The molecule has 0 bridgehead atoms. The monoisotopic (exact) mass is 365 g/mol. The highest BCUT2D eigenvalue weighted by Gasteiger charge is 2.33. The molecule has 0 heterocycles. The number of anilines is 1. The van der Waals surface area contributed by atoms with Crippen molar-refractivity contribution in [2.75, 3.05) is 4.31 Å². The van der Waals surface area contributed by atoms with E-state index >= 15 is 0 Å². The molecule has 24 heavy (non-hydrogen) atoms. The van der Waals surface area contributed by atoms with Gasteiger partial charge in [-0.25, -0.2) is 8.42 Å². The van der Waals surface area contributed by atoms with E-state index in [0.29, 0.717) is 5.69 Å². The van der Waals surface area contributed by atoms with Crippen molar-refractivity contribution in [2.45, 2.75) is 38.6 Å². The molecule has 0 saturated carbocycles. The number of benzene rings is 2. The molecule has 0 aromatic heterocycles. The Labute approximate surface area is 148 Å². The summed E-state index contributed by atoms with van der Waals surface area (Å²) in [5.41, 5.74) is 3.06. The van der Waals surface area contributed by atoms with Crippen LogP contribution in [0.1, 0.15) is 23.6 Å². The van der Waals surface area contributed by atoms with E-state index in [9.17, 15) is 13.2 Å². The summed E-state index contributed by atoms with van der Waals surface area (Å²) in [5.74, 6) is 0. The molecule has 0 aliphatic rings. The third kappa shape index (κ3) is 3.62. The van der Waals surface area contributed by atoms with Crippen molar-refractivity contribution < 1.29 is 13.2 Å². The van der Waals surface area contributed by atoms with Crippen LogP contribution in [0.5, 0.6) is 0 Å². The standard InChI is InChI=1S/C18H20ClNO3S/c1-12-6-9-16(10-7-12)24(22,23)20(15(4)18(19)21)17-11-13(2)5-8-14(17)3/h5-11,15H,1-4H3. The van der Waals surface area contributed by atoms with E-state index in [2.05, 4.69) is 0 Å². The van der Waals surface area contributed by atoms with Crippen molar-refractivity contribution in [3.05, 3.63) is 59.2 Å². The lowest BCUT2D eigenvalue weighted by atomic mass is 10.1. The minimum Gasteiger partial charge on any atom is -0.279 e. The molecule has 0 spiro atoms. The molecule has 0 radical (unpaired) electrons. The topological polar surface area (TPSA) is 54.5 Å². The van der Waals surface area contributed by atoms with Gasteiger partial charge in [-0.2, -0.15) is 0 Å². The molecule has 0 fully saturated rings. The maximum Gasteiger partial charge on any atom is 0.265 e. The molecule has 0 aliphatic carbocycles. The van der Waals surface area contributed by atoms with Crippen molar-refractivity contribution >= 4 is 32.6 Å². The van der Waals surface area contributed by atoms with E-state index in [1.165, 1.54) is 19.1 Å². The van der Waals surface area contributed by atoms with Gasteiger partial charge in [0.05, 0.1) is 10.6 Å². The molecule has 0 aliphatic heterocycles. The van der Waals surface area contributed by atoms with Crippen molar-refractivity contribution in [1.82, 2.24) is 0 Å². The van der Waals surface area contributed by atoms with Crippen LogP contribution in [0.15, 0.2) is 47.4 Å². The molecule has 2 rings (SSSR count). The minimum atomic E-state index is -3.93. The zero-order valence-corrected chi connectivity index (χ0v) is 15.6. The van der Waals surface area contributed by atoms with E-state index in [-0.39, 0.29) is 4.90 Å². The Morgan fingerprint density at radius 1 is 1.00 bits per heavy atom. The van der Waals surface area contributed by atoms with Crippen LogP contribution in [-0.4, -0.2) is 19.7 Å². The molecule has 0 N–H and O–H groups in total. The molecule has 1 atom stereocenters. The second kappa shape index (κ2) is 6.95. The van der Waals surface area contributed by atoms with Crippen LogP contribution in [0.2, 0.25) is 0 Å². The van der Waals surface area contributed by atoms with E-state index in [1.807, 2.05) is 26.0 Å². The van der Waals surface area contributed by atoms with Gasteiger partial charge in [0.1, 0.15) is 6.04 Å². The van der Waals surface area contributed by atoms with Crippen LogP contribution in [-0.2, 0) is 14.8 Å². The van der Waals surface area contributed by atoms with Crippen molar-refractivity contribution in [3.8, 4) is 0 Å². The average Bonchev–Trinajstić information content (AvgIpc) is 2.51. The molecular weight excluding hydrogens is 346 g/mol. The quantitative estimate of drug-likeness (QED) is 0.753. The summed E-state index contributed by atoms with van der Waals surface area (Å²) in [5, 5.41) is -0.730. The van der Waals surface area contributed by atoms with E-state index < -0.39 is 21.3 Å². The molecule has 4 nitrogen and oxygen atoms in total. The Bertz CT molecular complexity index is 860. The fraction of sp³-hybridized carbons (Fsp3) is 0.278. The zero-order chi connectivity index (χ0) is 18.1. The first-order valence-corrected chi connectivity index (χ1v) is 9.34. The molecule has 0 saturated heterocycles. The van der Waals surface area contributed by atoms with Gasteiger partial charge in [-0.05, 0) is 68.6 Å². The summed E-state index contributed by atoms with van der Waals surface area (Å²) in [6, 6.07) is 11.0. The summed E-state index contributed by atoms with van der Waals surface area (Å²) >= 11 is 5.64. The summed E-state index contributed by atoms with van der Waals surface area (Å²) in [6.07, 6.45) is 0. The summed E-state index contributed by atoms with van der Waals surface area (Å²) in [4.78, 5) is 11.9. The van der Waals surface area contributed by atoms with Crippen LogP contribution in [0.4, 0.5) is 5.69 Å². The smallest absolute Gasteiger partial charge is 0.265 e. The first-order valence-electron chi connectivity index (χ1n) is 7.52. The SMILES string of the molecule is Cc1ccc(S(=O)(=O)N(c2cc(C)ccc2C)C(C)C(=O)Cl)cc1. The van der Waals surface area contributed by atoms with Gasteiger partial charge in [0.25, 0.3) is 10.0 Å². The first-order chi connectivity index (χ1) is 11.1. The van der Waals surface area contributed by atoms with Gasteiger partial charge in [-0.3, -0.25) is 9.10 Å². The average molecular weight is 366 g/mol. The second-order valence-corrected chi connectivity index (χ2v) is 8.07. The Kier molecular flexibility index (Phi) is 5.35. The number of aryl methyl sites for hydroxylation is 3. The molecule has 1 unspecified atom stereocenters. The molecule has 6 heteroatoms. The molecule has 128 valence electrons. The first kappa shape index (κ1) is 18.5. The van der Waals surface area contributed by atoms with E-state index in [0.717, 1.165) is 21.0 Å². The number of carbonyl (C=O) groups excluding carboxylic acids is 1. The number of hydrogen-bond donors (Lipinski definition) is 0. The van der Waals surface area contributed by atoms with Gasteiger partial charge >= 0.3 is 0 Å². The van der Waals surface area contributed by atoms with Gasteiger partial charge < -0.3 is 0 Å². The van der Waals surface area contributed by atoms with Crippen LogP contribution in [0, 0.1) is 20.8 Å². The Morgan fingerprint density at radius 2 is 1.54 bits per heavy atom. The van der Waals surface area contributed by atoms with E-state index in [1.54, 1.807) is 25.1 Å². The highest BCUT2D eigenvalue weighted by molar-refractivity contribution is 7.93. The summed E-state index contributed by atoms with van der Waals surface area (Å²) in [6.45, 7) is 7.04. The Hall–Kier alpha value is -1.85. The van der Waals surface area contributed by atoms with Crippen molar-refractivity contribution in [1.29, 1.82) is 0 Å². The summed E-state index contributed by atoms with van der Waals surface area (Å²) < 4.78 is 27.4. The predicted molar refractivity (Wildman–Crippen MR) is 97.1 cm³/mol. The third-order valence-electron chi connectivity index (χ3n) is 3.86. The second-order valence-electron chi connectivity index (χ2n) is 5.88. The number of rotatable bonds is 5. The van der Waals surface area contributed by atoms with Gasteiger partial charge in [-0.1, -0.05) is 29.8 Å². The lowest BCUT2D eigenvalue weighted by molar-refractivity contribution is -0.112. The Morgan fingerprint density at radius 3 is 2.08 bits per heavy atom. The number of sulfonamides is 1. The molecule has 2 aromatic carbocycles. The largest absolute Gasteiger partial charge is 0.279 e. The molecule has 2 aromatic rings. The minimum absolute atomic E-state index is 0.124. The summed E-state index contributed by atoms with van der Waals surface area (Å²) in [7, 11) is -3.93. The van der Waals surface area contributed by atoms with Crippen molar-refractivity contribution in [2.24, 2.45) is 0 Å².